The molecule has 58 heavy (non-hydrogen) atoms. The SMILES string of the molecule is C[C@H]1[C@H]([Si](C)(C)O)[C@@H](CC(=O)N(CCO)Cc2ccccc2)O[C@]12C(=O)N(Cc1cccc(N3CCCCCCC3=O)c1)c1ccc(N3CCCCCCC3=O)cc12. The summed E-state index contributed by atoms with van der Waals surface area (Å²) in [5.74, 6) is -0.848. The first-order valence-corrected chi connectivity index (χ1v) is 24.4. The molecule has 1 spiro atoms. The van der Waals surface area contributed by atoms with Gasteiger partial charge in [0.2, 0.25) is 17.7 Å². The summed E-state index contributed by atoms with van der Waals surface area (Å²) in [6.07, 6.45) is 7.87. The van der Waals surface area contributed by atoms with Crippen molar-refractivity contribution in [3.05, 3.63) is 89.5 Å². The molecular formula is C46H60N4O7Si. The lowest BCUT2D eigenvalue weighted by Crippen LogP contribution is -2.46. The molecule has 2 N–H and O–H groups in total. The van der Waals surface area contributed by atoms with Crippen molar-refractivity contribution in [2.45, 2.75) is 121 Å². The third kappa shape index (κ3) is 8.52. The minimum Gasteiger partial charge on any atom is -0.432 e. The van der Waals surface area contributed by atoms with Crippen molar-refractivity contribution in [1.82, 2.24) is 4.90 Å². The standard InChI is InChI=1S/C46H60N4O7Si/c1-33-44(58(2,3)56)40(30-43(54)47(26-27-51)31-34-16-9-8-10-17-34)57-46(33)38-29-37(49-25-14-7-5-12-21-42(49)53)22-23-39(38)50(45(46)55)32-35-18-15-19-36(28-35)48-24-13-6-4-11-20-41(48)52/h8-10,15-19,22-23,28-29,33,40,44,51,56H,4-7,11-14,20-21,24-27,30-32H2,1-3H3/t33-,40+,44-,46+/m0/s1. The first-order chi connectivity index (χ1) is 27.9. The summed E-state index contributed by atoms with van der Waals surface area (Å²) in [6.45, 7) is 7.34. The Kier molecular flexibility index (Phi) is 12.9. The minimum atomic E-state index is -3.11. The number of carbonyl (C=O) groups is 4. The average molecular weight is 809 g/mol. The predicted molar refractivity (Wildman–Crippen MR) is 228 cm³/mol. The monoisotopic (exact) mass is 808 g/mol. The molecule has 0 aliphatic carbocycles. The minimum absolute atomic E-state index is 0.0542. The van der Waals surface area contributed by atoms with Crippen LogP contribution in [0.4, 0.5) is 17.1 Å². The molecule has 3 aromatic rings. The lowest BCUT2D eigenvalue weighted by molar-refractivity contribution is -0.150. The zero-order chi connectivity index (χ0) is 41.0. The fourth-order valence-corrected chi connectivity index (χ4v) is 12.5. The van der Waals surface area contributed by atoms with Crippen LogP contribution in [0.1, 0.15) is 94.2 Å². The second kappa shape index (κ2) is 17.9. The molecule has 0 unspecified atom stereocenters. The zero-order valence-electron chi connectivity index (χ0n) is 34.4. The Balaban J connectivity index is 1.27. The highest BCUT2D eigenvalue weighted by Gasteiger charge is 2.66. The van der Waals surface area contributed by atoms with E-state index in [0.717, 1.165) is 68.2 Å². The zero-order valence-corrected chi connectivity index (χ0v) is 35.4. The lowest BCUT2D eigenvalue weighted by Gasteiger charge is -2.33. The Morgan fingerprint density at radius 2 is 1.43 bits per heavy atom. The number of amides is 4. The van der Waals surface area contributed by atoms with Gasteiger partial charge in [-0.15, -0.1) is 0 Å². The number of rotatable bonds is 11. The number of benzene rings is 3. The van der Waals surface area contributed by atoms with Crippen molar-refractivity contribution in [2.24, 2.45) is 5.92 Å². The number of aliphatic hydroxyl groups is 1. The molecule has 0 aromatic heterocycles. The van der Waals surface area contributed by atoms with E-state index >= 15 is 4.79 Å². The topological polar surface area (TPSA) is 131 Å². The van der Waals surface area contributed by atoms with Crippen molar-refractivity contribution in [2.75, 3.05) is 40.9 Å². The van der Waals surface area contributed by atoms with E-state index in [1.807, 2.05) is 103 Å². The Morgan fingerprint density at radius 3 is 2.07 bits per heavy atom. The second-order valence-corrected chi connectivity index (χ2v) is 21.2. The van der Waals surface area contributed by atoms with E-state index < -0.39 is 31.5 Å². The smallest absolute Gasteiger partial charge is 0.264 e. The van der Waals surface area contributed by atoms with E-state index in [2.05, 4.69) is 0 Å². The van der Waals surface area contributed by atoms with E-state index in [9.17, 15) is 24.3 Å². The Bertz CT molecular complexity index is 1970. The molecule has 4 atom stereocenters. The normalized spacial score (nSPS) is 24.4. The van der Waals surface area contributed by atoms with Gasteiger partial charge in [-0.2, -0.15) is 0 Å². The molecule has 4 amide bonds. The molecule has 0 saturated carbocycles. The van der Waals surface area contributed by atoms with Gasteiger partial charge in [-0.3, -0.25) is 19.2 Å². The van der Waals surface area contributed by atoms with Gasteiger partial charge in [-0.05, 0) is 80.2 Å². The largest absolute Gasteiger partial charge is 0.432 e. The van der Waals surface area contributed by atoms with Crippen LogP contribution in [0.5, 0.6) is 0 Å². The van der Waals surface area contributed by atoms with Crippen molar-refractivity contribution in [3.8, 4) is 0 Å². The maximum absolute atomic E-state index is 15.4. The van der Waals surface area contributed by atoms with Crippen LogP contribution in [0, 0.1) is 5.92 Å². The third-order valence-electron chi connectivity index (χ3n) is 12.8. The molecule has 4 aliphatic heterocycles. The number of ether oxygens (including phenoxy) is 1. The molecule has 310 valence electrons. The number of aliphatic hydroxyl groups excluding tert-OH is 1. The number of anilines is 3. The summed E-state index contributed by atoms with van der Waals surface area (Å²) >= 11 is 0. The van der Waals surface area contributed by atoms with Gasteiger partial charge in [-0.1, -0.05) is 75.1 Å². The van der Waals surface area contributed by atoms with Crippen LogP contribution in [0.15, 0.2) is 72.8 Å². The van der Waals surface area contributed by atoms with Crippen molar-refractivity contribution >= 4 is 49.0 Å². The van der Waals surface area contributed by atoms with Gasteiger partial charge in [0.25, 0.3) is 5.91 Å². The van der Waals surface area contributed by atoms with Gasteiger partial charge in [0.05, 0.1) is 31.4 Å². The number of hydrogen-bond acceptors (Lipinski definition) is 7. The Morgan fingerprint density at radius 1 is 0.810 bits per heavy atom. The highest BCUT2D eigenvalue weighted by molar-refractivity contribution is 6.71. The Hall–Kier alpha value is -4.36. The van der Waals surface area contributed by atoms with Crippen molar-refractivity contribution in [1.29, 1.82) is 0 Å². The summed E-state index contributed by atoms with van der Waals surface area (Å²) in [6, 6.07) is 23.3. The van der Waals surface area contributed by atoms with Gasteiger partial charge < -0.3 is 34.2 Å². The van der Waals surface area contributed by atoms with E-state index in [4.69, 9.17) is 4.74 Å². The predicted octanol–water partition coefficient (Wildman–Crippen LogP) is 7.04. The van der Waals surface area contributed by atoms with E-state index in [1.54, 1.807) is 9.80 Å². The van der Waals surface area contributed by atoms with E-state index in [0.29, 0.717) is 49.4 Å². The summed E-state index contributed by atoms with van der Waals surface area (Å²) < 4.78 is 7.11. The van der Waals surface area contributed by atoms with Gasteiger partial charge in [0.15, 0.2) is 13.9 Å². The first-order valence-electron chi connectivity index (χ1n) is 21.4. The average Bonchev–Trinajstić information content (AvgIpc) is 3.60. The fraction of sp³-hybridized carbons (Fsp3) is 0.522. The molecular weight excluding hydrogens is 749 g/mol. The lowest BCUT2D eigenvalue weighted by atomic mass is 9.82. The van der Waals surface area contributed by atoms with Gasteiger partial charge >= 0.3 is 0 Å². The van der Waals surface area contributed by atoms with Crippen LogP contribution < -0.4 is 14.7 Å². The molecule has 0 radical (unpaired) electrons. The van der Waals surface area contributed by atoms with Crippen LogP contribution >= 0.6 is 0 Å². The van der Waals surface area contributed by atoms with Crippen LogP contribution in [0.2, 0.25) is 18.6 Å². The number of hydrogen-bond donors (Lipinski definition) is 2. The van der Waals surface area contributed by atoms with Gasteiger partial charge in [0, 0.05) is 67.4 Å². The van der Waals surface area contributed by atoms with Gasteiger partial charge in [0.1, 0.15) is 0 Å². The van der Waals surface area contributed by atoms with E-state index in [1.165, 1.54) is 0 Å². The molecule has 7 rings (SSSR count). The number of carbonyl (C=O) groups excluding carboxylic acids is 4. The molecule has 3 fully saturated rings. The van der Waals surface area contributed by atoms with Crippen molar-refractivity contribution < 1.29 is 33.8 Å². The molecule has 3 saturated heterocycles. The van der Waals surface area contributed by atoms with Crippen LogP contribution in [0.3, 0.4) is 0 Å². The third-order valence-corrected chi connectivity index (χ3v) is 15.3. The maximum Gasteiger partial charge on any atom is 0.264 e. The molecule has 11 nitrogen and oxygen atoms in total. The van der Waals surface area contributed by atoms with Gasteiger partial charge in [-0.25, -0.2) is 0 Å². The summed E-state index contributed by atoms with van der Waals surface area (Å²) in [7, 11) is -3.11. The molecule has 0 bridgehead atoms. The second-order valence-electron chi connectivity index (χ2n) is 17.3. The fourth-order valence-electron chi connectivity index (χ4n) is 9.98. The summed E-state index contributed by atoms with van der Waals surface area (Å²) in [5.41, 5.74) is 2.60. The molecule has 4 heterocycles. The van der Waals surface area contributed by atoms with Crippen LogP contribution in [0.25, 0.3) is 0 Å². The summed E-state index contributed by atoms with van der Waals surface area (Å²) in [4.78, 5) is 75.4. The molecule has 12 heteroatoms. The summed E-state index contributed by atoms with van der Waals surface area (Å²) in [5, 5.41) is 9.97. The highest BCUT2D eigenvalue weighted by atomic mass is 28.4. The number of fused-ring (bicyclic) bond motifs is 2. The van der Waals surface area contributed by atoms with Crippen molar-refractivity contribution in [3.63, 3.8) is 0 Å². The Labute approximate surface area is 344 Å². The highest BCUT2D eigenvalue weighted by Crippen LogP contribution is 2.60. The number of nitrogens with zero attached hydrogens (tertiary/aromatic N) is 4. The molecule has 3 aromatic carbocycles. The quantitative estimate of drug-likeness (QED) is 0.199. The first kappa shape index (κ1) is 41.8. The van der Waals surface area contributed by atoms with Crippen LogP contribution in [-0.4, -0.2) is 79.1 Å². The van der Waals surface area contributed by atoms with E-state index in [-0.39, 0.29) is 49.7 Å². The maximum atomic E-state index is 15.4. The molecule has 4 aliphatic rings. The van der Waals surface area contributed by atoms with Crippen LogP contribution in [-0.2, 0) is 42.6 Å².